The number of nitrogens with two attached hydrogens (primary N) is 1. The monoisotopic (exact) mass is 585 g/mol. The summed E-state index contributed by atoms with van der Waals surface area (Å²) in [5, 5.41) is 15.6. The minimum atomic E-state index is -1.22. The first-order valence-corrected chi connectivity index (χ1v) is 15.6. The van der Waals surface area contributed by atoms with E-state index in [9.17, 15) is 14.7 Å². The van der Waals surface area contributed by atoms with Crippen LogP contribution in [0.2, 0.25) is 5.02 Å². The number of amides is 2. The van der Waals surface area contributed by atoms with Gasteiger partial charge in [0.05, 0.1) is 12.7 Å². The van der Waals surface area contributed by atoms with Gasteiger partial charge in [-0.1, -0.05) is 74.2 Å². The van der Waals surface area contributed by atoms with Gasteiger partial charge in [-0.05, 0) is 80.2 Å². The number of nitrogens with zero attached hydrogens (tertiary/aromatic N) is 1. The molecule has 2 aliphatic rings. The molecule has 1 saturated heterocycles. The van der Waals surface area contributed by atoms with E-state index in [1.54, 1.807) is 4.90 Å². The van der Waals surface area contributed by atoms with Crippen LogP contribution in [0, 0.1) is 11.8 Å². The van der Waals surface area contributed by atoms with Gasteiger partial charge in [0.2, 0.25) is 6.41 Å². The molecular weight excluding hydrogens is 538 g/mol. The van der Waals surface area contributed by atoms with E-state index in [4.69, 9.17) is 17.3 Å². The van der Waals surface area contributed by atoms with Gasteiger partial charge in [-0.15, -0.1) is 0 Å². The zero-order valence-corrected chi connectivity index (χ0v) is 25.5. The van der Waals surface area contributed by atoms with E-state index in [0.717, 1.165) is 54.8 Å². The van der Waals surface area contributed by atoms with Gasteiger partial charge >= 0.3 is 6.09 Å². The Kier molecular flexibility index (Phi) is 13.4. The lowest BCUT2D eigenvalue weighted by Crippen LogP contribution is -2.46. The van der Waals surface area contributed by atoms with Gasteiger partial charge in [-0.2, -0.15) is 0 Å². The number of rotatable bonds is 10. The maximum absolute atomic E-state index is 12.3. The van der Waals surface area contributed by atoms with Crippen molar-refractivity contribution in [3.63, 3.8) is 0 Å². The number of likely N-dealkylation sites (tertiary alicyclic amines) is 1. The standard InChI is InChI=1S/C26H33ClN2O4.C7H15N/c1-3-19-8-4-9-20(16-19)24-22(11-5-12-23(24)27)26(32,13-7-14-28-25(31)33-2)21-10-6-15-29(17-21)18-30;8-6-7-4-2-1-3-5-7/h4-5,8-9,11-12,16,18,21,32H,3,6-7,10,13-15,17H2,1-2H3,(H,28,31);7H,1-6,8H2. The summed E-state index contributed by atoms with van der Waals surface area (Å²) in [5.41, 5.74) is 8.02. The molecule has 8 heteroatoms. The summed E-state index contributed by atoms with van der Waals surface area (Å²) in [6, 6.07) is 13.9. The Bertz CT molecular complexity index is 1110. The molecule has 2 aromatic rings. The van der Waals surface area contributed by atoms with Crippen molar-refractivity contribution >= 4 is 24.1 Å². The summed E-state index contributed by atoms with van der Waals surface area (Å²) >= 11 is 6.73. The van der Waals surface area contributed by atoms with Gasteiger partial charge in [-0.25, -0.2) is 4.79 Å². The molecule has 2 amide bonds. The van der Waals surface area contributed by atoms with E-state index in [-0.39, 0.29) is 5.92 Å². The number of methoxy groups -OCH3 is 1. The Morgan fingerprint density at radius 1 is 1.17 bits per heavy atom. The summed E-state index contributed by atoms with van der Waals surface area (Å²) in [6.07, 6.45) is 10.9. The summed E-state index contributed by atoms with van der Waals surface area (Å²) < 4.78 is 4.65. The minimum absolute atomic E-state index is 0.152. The van der Waals surface area contributed by atoms with Crippen LogP contribution in [0.15, 0.2) is 42.5 Å². The predicted octanol–water partition coefficient (Wildman–Crippen LogP) is 6.29. The molecule has 4 rings (SSSR count). The molecule has 226 valence electrons. The highest BCUT2D eigenvalue weighted by atomic mass is 35.5. The average molecular weight is 586 g/mol. The topological polar surface area (TPSA) is 105 Å². The number of hydrogen-bond donors (Lipinski definition) is 3. The molecule has 1 saturated carbocycles. The van der Waals surface area contributed by atoms with Crippen molar-refractivity contribution in [2.45, 2.75) is 76.7 Å². The number of aryl methyl sites for hydroxylation is 1. The van der Waals surface area contributed by atoms with Crippen LogP contribution in [0.3, 0.4) is 0 Å². The largest absolute Gasteiger partial charge is 0.453 e. The number of ether oxygens (including phenoxy) is 1. The molecule has 4 N–H and O–H groups in total. The lowest BCUT2D eigenvalue weighted by molar-refractivity contribution is -0.123. The van der Waals surface area contributed by atoms with Crippen molar-refractivity contribution < 1.29 is 19.4 Å². The van der Waals surface area contributed by atoms with Gasteiger partial charge in [0.1, 0.15) is 0 Å². The second kappa shape index (κ2) is 16.7. The number of piperidine rings is 1. The third-order valence-electron chi connectivity index (χ3n) is 8.63. The van der Waals surface area contributed by atoms with E-state index in [0.29, 0.717) is 37.5 Å². The molecule has 1 heterocycles. The average Bonchev–Trinajstić information content (AvgIpc) is 3.03. The van der Waals surface area contributed by atoms with E-state index < -0.39 is 11.7 Å². The highest BCUT2D eigenvalue weighted by Gasteiger charge is 2.42. The van der Waals surface area contributed by atoms with Crippen LogP contribution in [-0.2, 0) is 21.6 Å². The molecule has 2 unspecified atom stereocenters. The highest BCUT2D eigenvalue weighted by molar-refractivity contribution is 6.33. The molecule has 1 aliphatic heterocycles. The van der Waals surface area contributed by atoms with E-state index in [1.165, 1.54) is 44.8 Å². The van der Waals surface area contributed by atoms with Crippen molar-refractivity contribution in [2.24, 2.45) is 17.6 Å². The molecule has 2 fully saturated rings. The molecule has 0 radical (unpaired) electrons. The molecule has 41 heavy (non-hydrogen) atoms. The summed E-state index contributed by atoms with van der Waals surface area (Å²) in [7, 11) is 1.32. The SMILES string of the molecule is CCc1cccc(-c2c(Cl)cccc2C(O)(CCCNC(=O)OC)C2CCCN(C=O)C2)c1.NCC1CCCCC1. The smallest absolute Gasteiger partial charge is 0.406 e. The maximum Gasteiger partial charge on any atom is 0.406 e. The lowest BCUT2D eigenvalue weighted by Gasteiger charge is -2.43. The Morgan fingerprint density at radius 2 is 1.93 bits per heavy atom. The fraction of sp³-hybridized carbons (Fsp3) is 0.576. The van der Waals surface area contributed by atoms with Crippen LogP contribution in [0.25, 0.3) is 11.1 Å². The second-order valence-corrected chi connectivity index (χ2v) is 11.7. The summed E-state index contributed by atoms with van der Waals surface area (Å²) in [4.78, 5) is 24.7. The third kappa shape index (κ3) is 9.19. The number of carbonyl (C=O) groups excluding carboxylic acids is 2. The van der Waals surface area contributed by atoms with Crippen LogP contribution in [0.5, 0.6) is 0 Å². The quantitative estimate of drug-likeness (QED) is 0.225. The van der Waals surface area contributed by atoms with Crippen molar-refractivity contribution in [2.75, 3.05) is 33.3 Å². The number of hydrogen-bond acceptors (Lipinski definition) is 5. The Hall–Kier alpha value is -2.61. The maximum atomic E-state index is 12.3. The van der Waals surface area contributed by atoms with Crippen molar-refractivity contribution in [1.82, 2.24) is 10.2 Å². The lowest BCUT2D eigenvalue weighted by atomic mass is 9.72. The Labute approximate surface area is 250 Å². The molecule has 1 aliphatic carbocycles. The number of nitrogens with one attached hydrogen (secondary N) is 1. The summed E-state index contributed by atoms with van der Waals surface area (Å²) in [5.74, 6) is 0.713. The molecule has 0 bridgehead atoms. The van der Waals surface area contributed by atoms with Gasteiger partial charge in [0.15, 0.2) is 0 Å². The van der Waals surface area contributed by atoms with E-state index in [2.05, 4.69) is 29.1 Å². The van der Waals surface area contributed by atoms with Crippen molar-refractivity contribution in [1.29, 1.82) is 0 Å². The number of benzene rings is 2. The number of halogens is 1. The van der Waals surface area contributed by atoms with Gasteiger partial charge < -0.3 is 25.8 Å². The second-order valence-electron chi connectivity index (χ2n) is 11.3. The van der Waals surface area contributed by atoms with Gasteiger partial charge in [0, 0.05) is 36.1 Å². The molecule has 2 aromatic carbocycles. The Balaban J connectivity index is 0.000000496. The molecule has 2 atom stereocenters. The third-order valence-corrected chi connectivity index (χ3v) is 8.94. The van der Waals surface area contributed by atoms with Crippen LogP contribution in [0.1, 0.15) is 75.8 Å². The molecule has 0 spiro atoms. The van der Waals surface area contributed by atoms with Crippen LogP contribution < -0.4 is 11.1 Å². The minimum Gasteiger partial charge on any atom is -0.453 e. The van der Waals surface area contributed by atoms with Gasteiger partial charge in [0.25, 0.3) is 0 Å². The molecule has 7 nitrogen and oxygen atoms in total. The van der Waals surface area contributed by atoms with Crippen molar-refractivity contribution in [3.05, 3.63) is 58.6 Å². The first kappa shape index (κ1) is 32.9. The fourth-order valence-electron chi connectivity index (χ4n) is 6.22. The predicted molar refractivity (Wildman–Crippen MR) is 166 cm³/mol. The number of carbonyl (C=O) groups is 2. The molecular formula is C33H48ClN3O4. The number of alkyl carbamates (subject to hydrolysis) is 1. The van der Waals surface area contributed by atoms with Crippen LogP contribution in [-0.4, -0.2) is 55.8 Å². The van der Waals surface area contributed by atoms with Crippen molar-refractivity contribution in [3.8, 4) is 11.1 Å². The van der Waals surface area contributed by atoms with Gasteiger partial charge in [-0.3, -0.25) is 4.79 Å². The van der Waals surface area contributed by atoms with Crippen LogP contribution >= 0.6 is 11.6 Å². The highest BCUT2D eigenvalue weighted by Crippen LogP contribution is 2.45. The fourth-order valence-corrected chi connectivity index (χ4v) is 6.50. The normalized spacial score (nSPS) is 19.0. The first-order chi connectivity index (χ1) is 19.9. The van der Waals surface area contributed by atoms with Crippen LogP contribution in [0.4, 0.5) is 4.79 Å². The van der Waals surface area contributed by atoms with E-state index >= 15 is 0 Å². The zero-order chi connectivity index (χ0) is 29.7. The van der Waals surface area contributed by atoms with E-state index in [1.807, 2.05) is 30.3 Å². The zero-order valence-electron chi connectivity index (χ0n) is 24.7. The first-order valence-electron chi connectivity index (χ1n) is 15.2. The number of aliphatic hydroxyl groups is 1. The Morgan fingerprint density at radius 3 is 2.59 bits per heavy atom. The molecule has 0 aromatic heterocycles. The summed E-state index contributed by atoms with van der Waals surface area (Å²) in [6.45, 7) is 4.57.